The zero-order valence-electron chi connectivity index (χ0n) is 26.0. The highest BCUT2D eigenvalue weighted by atomic mass is 32.2. The molecule has 9 nitrogen and oxygen atoms in total. The fourth-order valence-corrected chi connectivity index (χ4v) is 9.38. The largest absolute Gasteiger partial charge is 0.373 e. The second-order valence-corrected chi connectivity index (χ2v) is 16.2. The van der Waals surface area contributed by atoms with E-state index in [0.29, 0.717) is 43.7 Å². The summed E-state index contributed by atoms with van der Waals surface area (Å²) < 4.78 is 67.2. The van der Waals surface area contributed by atoms with Gasteiger partial charge in [0.2, 0.25) is 20.0 Å². The summed E-state index contributed by atoms with van der Waals surface area (Å²) in [5.41, 5.74) is 2.84. The lowest BCUT2D eigenvalue weighted by atomic mass is 9.80. The molecule has 5 atom stereocenters. The van der Waals surface area contributed by atoms with Crippen molar-refractivity contribution in [2.24, 2.45) is 5.92 Å². The van der Waals surface area contributed by atoms with E-state index in [1.165, 1.54) is 8.61 Å². The minimum atomic E-state index is -3.66. The molecule has 0 amide bonds. The summed E-state index contributed by atoms with van der Waals surface area (Å²) >= 11 is 0. The van der Waals surface area contributed by atoms with Gasteiger partial charge in [-0.3, -0.25) is 4.79 Å². The van der Waals surface area contributed by atoms with Gasteiger partial charge in [0.25, 0.3) is 0 Å². The molecule has 5 rings (SSSR count). The lowest BCUT2D eigenvalue weighted by Crippen LogP contribution is -2.48. The summed E-state index contributed by atoms with van der Waals surface area (Å²) in [4.78, 5) is 14.0. The first-order chi connectivity index (χ1) is 20.7. The van der Waals surface area contributed by atoms with E-state index in [1.807, 2.05) is 46.8 Å². The Kier molecular flexibility index (Phi) is 9.65. The highest BCUT2D eigenvalue weighted by Gasteiger charge is 2.33. The third kappa shape index (κ3) is 7.08. The predicted molar refractivity (Wildman–Crippen MR) is 170 cm³/mol. The molecule has 238 valence electrons. The van der Waals surface area contributed by atoms with Crippen LogP contribution in [0, 0.1) is 5.92 Å². The topological polar surface area (TPSA) is 110 Å². The standard InChI is InChI=1S/C33H42N2O7S2/c1-22-6-11-29(16-27-7-12-30(13-8-27)43(37,38)34-18-23(2)41-24(3)19-34)33(36)32(22)17-28-9-14-31(15-10-28)44(39,40)35-20-25(4)42-26(5)21-35/h7-10,12-17,22-26H,6,11,18-21H2,1-5H3/b29-16+,32-17+/t22-,23+,24+,25-,26-/m0/s1. The summed E-state index contributed by atoms with van der Waals surface area (Å²) in [5, 5.41) is 0. The highest BCUT2D eigenvalue weighted by molar-refractivity contribution is 7.89. The van der Waals surface area contributed by atoms with Crippen LogP contribution in [0.4, 0.5) is 0 Å². The molecule has 3 fully saturated rings. The Morgan fingerprint density at radius 1 is 0.636 bits per heavy atom. The lowest BCUT2D eigenvalue weighted by Gasteiger charge is -2.34. The molecule has 0 N–H and O–H groups in total. The molecule has 2 aromatic carbocycles. The summed E-state index contributed by atoms with van der Waals surface area (Å²) in [6, 6.07) is 13.3. The van der Waals surface area contributed by atoms with Crippen LogP contribution in [0.3, 0.4) is 0 Å². The normalized spacial score (nSPS) is 29.8. The Balaban J connectivity index is 1.32. The number of nitrogens with zero attached hydrogens (tertiary/aromatic N) is 2. The van der Waals surface area contributed by atoms with Gasteiger partial charge in [-0.1, -0.05) is 31.2 Å². The minimum absolute atomic E-state index is 0.0465. The van der Waals surface area contributed by atoms with Crippen molar-refractivity contribution in [3.05, 3.63) is 70.8 Å². The number of ether oxygens (including phenoxy) is 2. The number of benzene rings is 2. The van der Waals surface area contributed by atoms with E-state index in [9.17, 15) is 21.6 Å². The summed E-state index contributed by atoms with van der Waals surface area (Å²) in [5.74, 6) is -0.00469. The first kappa shape index (κ1) is 32.7. The van der Waals surface area contributed by atoms with E-state index >= 15 is 0 Å². The van der Waals surface area contributed by atoms with Crippen LogP contribution >= 0.6 is 0 Å². The zero-order chi connectivity index (χ0) is 31.8. The van der Waals surface area contributed by atoms with Crippen LogP contribution in [-0.4, -0.2) is 81.8 Å². The maximum atomic E-state index is 13.6. The molecular weight excluding hydrogens is 601 g/mol. The van der Waals surface area contributed by atoms with Crippen LogP contribution in [0.2, 0.25) is 0 Å². The van der Waals surface area contributed by atoms with Gasteiger partial charge in [-0.25, -0.2) is 16.8 Å². The van der Waals surface area contributed by atoms with Gasteiger partial charge in [0.05, 0.1) is 34.2 Å². The van der Waals surface area contributed by atoms with Crippen molar-refractivity contribution in [1.82, 2.24) is 8.61 Å². The number of morpholine rings is 2. The molecule has 0 unspecified atom stereocenters. The van der Waals surface area contributed by atoms with E-state index in [2.05, 4.69) is 0 Å². The number of sulfonamides is 2. The maximum absolute atomic E-state index is 13.6. The van der Waals surface area contributed by atoms with Gasteiger partial charge in [0.1, 0.15) is 0 Å². The molecule has 2 heterocycles. The van der Waals surface area contributed by atoms with Crippen molar-refractivity contribution < 1.29 is 31.1 Å². The highest BCUT2D eigenvalue weighted by Crippen LogP contribution is 2.33. The van der Waals surface area contributed by atoms with Crippen molar-refractivity contribution in [2.45, 2.75) is 81.7 Å². The van der Waals surface area contributed by atoms with Crippen LogP contribution in [-0.2, 0) is 34.3 Å². The van der Waals surface area contributed by atoms with Crippen molar-refractivity contribution in [1.29, 1.82) is 0 Å². The third-order valence-corrected chi connectivity index (χ3v) is 12.1. The molecule has 11 heteroatoms. The first-order valence-corrected chi connectivity index (χ1v) is 18.1. The molecule has 1 saturated carbocycles. The maximum Gasteiger partial charge on any atom is 0.243 e. The average Bonchev–Trinajstić information content (AvgIpc) is 2.96. The average molecular weight is 643 g/mol. The number of hydrogen-bond donors (Lipinski definition) is 0. The molecule has 0 spiro atoms. The van der Waals surface area contributed by atoms with E-state index < -0.39 is 20.0 Å². The third-order valence-electron chi connectivity index (χ3n) is 8.40. The molecule has 0 aromatic heterocycles. The number of ketones is 1. The Bertz CT molecular complexity index is 1630. The Morgan fingerprint density at radius 3 is 1.43 bits per heavy atom. The van der Waals surface area contributed by atoms with Crippen molar-refractivity contribution in [2.75, 3.05) is 26.2 Å². The molecule has 0 radical (unpaired) electrons. The second kappa shape index (κ2) is 13.0. The molecule has 2 saturated heterocycles. The molecule has 2 aliphatic heterocycles. The van der Waals surface area contributed by atoms with Crippen molar-refractivity contribution in [3.8, 4) is 0 Å². The molecule has 1 aliphatic carbocycles. The monoisotopic (exact) mass is 642 g/mol. The molecular formula is C33H42N2O7S2. The van der Waals surface area contributed by atoms with E-state index in [1.54, 1.807) is 48.5 Å². The Labute approximate surface area is 261 Å². The van der Waals surface area contributed by atoms with Crippen LogP contribution in [0.1, 0.15) is 58.6 Å². The minimum Gasteiger partial charge on any atom is -0.373 e. The predicted octanol–water partition coefficient (Wildman–Crippen LogP) is 4.75. The molecule has 44 heavy (non-hydrogen) atoms. The van der Waals surface area contributed by atoms with Crippen LogP contribution in [0.25, 0.3) is 12.2 Å². The van der Waals surface area contributed by atoms with E-state index in [4.69, 9.17) is 9.47 Å². The lowest BCUT2D eigenvalue weighted by molar-refractivity contribution is -0.113. The molecule has 2 aromatic rings. The number of carbonyl (C=O) groups excluding carboxylic acids is 1. The Morgan fingerprint density at radius 2 is 1.02 bits per heavy atom. The van der Waals surface area contributed by atoms with Gasteiger partial charge in [-0.05, 0) is 94.0 Å². The van der Waals surface area contributed by atoms with Gasteiger partial charge in [-0.15, -0.1) is 0 Å². The van der Waals surface area contributed by atoms with Gasteiger partial charge in [0, 0.05) is 37.3 Å². The summed E-state index contributed by atoms with van der Waals surface area (Å²) in [7, 11) is -7.31. The van der Waals surface area contributed by atoms with Gasteiger partial charge >= 0.3 is 0 Å². The van der Waals surface area contributed by atoms with Crippen LogP contribution in [0.5, 0.6) is 0 Å². The Hall–Kier alpha value is -2.67. The fraction of sp³-hybridized carbons (Fsp3) is 0.485. The van der Waals surface area contributed by atoms with E-state index in [-0.39, 0.29) is 45.9 Å². The number of allylic oxidation sites excluding steroid dienone is 2. The summed E-state index contributed by atoms with van der Waals surface area (Å²) in [6.45, 7) is 10.7. The van der Waals surface area contributed by atoms with Gasteiger partial charge in [-0.2, -0.15) is 8.61 Å². The van der Waals surface area contributed by atoms with Gasteiger partial charge < -0.3 is 9.47 Å². The number of Topliss-reactive ketones (excluding diaryl/α,β-unsaturated/α-hetero) is 1. The molecule has 0 bridgehead atoms. The first-order valence-electron chi connectivity index (χ1n) is 15.2. The van der Waals surface area contributed by atoms with Gasteiger partial charge in [0.15, 0.2) is 5.78 Å². The number of hydrogen-bond acceptors (Lipinski definition) is 7. The zero-order valence-corrected chi connectivity index (χ0v) is 27.6. The van der Waals surface area contributed by atoms with E-state index in [0.717, 1.165) is 17.5 Å². The fourth-order valence-electron chi connectivity index (χ4n) is 6.20. The quantitative estimate of drug-likeness (QED) is 0.419. The van der Waals surface area contributed by atoms with Crippen LogP contribution < -0.4 is 0 Å². The SMILES string of the molecule is C[C@@H]1CN(S(=O)(=O)c2ccc(/C=C3\CC[C@H](C)/C(=C\c4ccc(S(=O)(=O)N5C[C@H](C)O[C@@H](C)C5)cc4)C3=O)cc2)C[C@@H](C)O1. The van der Waals surface area contributed by atoms with Crippen molar-refractivity contribution >= 4 is 38.0 Å². The molecule has 3 aliphatic rings. The van der Waals surface area contributed by atoms with Crippen molar-refractivity contribution in [3.63, 3.8) is 0 Å². The number of rotatable bonds is 6. The van der Waals surface area contributed by atoms with Crippen LogP contribution in [0.15, 0.2) is 69.5 Å². The number of carbonyl (C=O) groups is 1. The second-order valence-electron chi connectivity index (χ2n) is 12.3. The summed E-state index contributed by atoms with van der Waals surface area (Å²) in [6.07, 6.45) is 4.39. The smallest absolute Gasteiger partial charge is 0.243 e.